The van der Waals surface area contributed by atoms with Crippen LogP contribution in [-0.4, -0.2) is 27.2 Å². The third-order valence-corrected chi connectivity index (χ3v) is 5.79. The van der Waals surface area contributed by atoms with E-state index in [9.17, 15) is 13.2 Å². The zero-order chi connectivity index (χ0) is 22.4. The van der Waals surface area contributed by atoms with Gasteiger partial charge >= 0.3 is 0 Å². The van der Waals surface area contributed by atoms with Crippen LogP contribution in [0.15, 0.2) is 72.8 Å². The average molecular weight is 479 g/mol. The van der Waals surface area contributed by atoms with Crippen molar-refractivity contribution in [1.29, 1.82) is 0 Å². The van der Waals surface area contributed by atoms with Crippen molar-refractivity contribution in [1.82, 2.24) is 0 Å². The van der Waals surface area contributed by atoms with Gasteiger partial charge in [-0.1, -0.05) is 53.5 Å². The summed E-state index contributed by atoms with van der Waals surface area (Å²) < 4.78 is 31.4. The Morgan fingerprint density at radius 3 is 2.16 bits per heavy atom. The van der Waals surface area contributed by atoms with Gasteiger partial charge in [-0.15, -0.1) is 0 Å². The third-order valence-electron chi connectivity index (χ3n) is 4.21. The van der Waals surface area contributed by atoms with Gasteiger partial charge in [0.15, 0.2) is 6.61 Å². The number of hydrogen-bond donors (Lipinski definition) is 1. The second-order valence-electron chi connectivity index (χ2n) is 6.74. The van der Waals surface area contributed by atoms with Crippen LogP contribution in [0.4, 0.5) is 11.4 Å². The molecule has 1 N–H and O–H groups in total. The molecule has 0 atom stereocenters. The zero-order valence-electron chi connectivity index (χ0n) is 16.6. The SMILES string of the molecule is CS(=O)(=O)N(Cc1ccccc1)c1ccc(OCC(=O)Nc2cc(Cl)cc(Cl)c2)cc1. The number of nitrogens with one attached hydrogen (secondary N) is 1. The second-order valence-corrected chi connectivity index (χ2v) is 9.52. The minimum atomic E-state index is -3.49. The summed E-state index contributed by atoms with van der Waals surface area (Å²) in [5.41, 5.74) is 1.83. The maximum atomic E-state index is 12.3. The van der Waals surface area contributed by atoms with Gasteiger partial charge in [-0.2, -0.15) is 0 Å². The normalized spacial score (nSPS) is 11.1. The van der Waals surface area contributed by atoms with Gasteiger partial charge in [0.25, 0.3) is 5.91 Å². The Hall–Kier alpha value is -2.74. The molecule has 162 valence electrons. The van der Waals surface area contributed by atoms with Gasteiger partial charge in [0, 0.05) is 15.7 Å². The van der Waals surface area contributed by atoms with Crippen LogP contribution in [0.5, 0.6) is 5.75 Å². The Morgan fingerprint density at radius 1 is 0.968 bits per heavy atom. The largest absolute Gasteiger partial charge is 0.484 e. The topological polar surface area (TPSA) is 75.7 Å². The van der Waals surface area contributed by atoms with Crippen molar-refractivity contribution in [3.63, 3.8) is 0 Å². The first kappa shape index (κ1) is 22.9. The lowest BCUT2D eigenvalue weighted by molar-refractivity contribution is -0.118. The summed E-state index contributed by atoms with van der Waals surface area (Å²) in [6.07, 6.45) is 1.16. The monoisotopic (exact) mass is 478 g/mol. The molecule has 0 aliphatic heterocycles. The Balaban J connectivity index is 1.63. The first-order valence-corrected chi connectivity index (χ1v) is 11.8. The van der Waals surface area contributed by atoms with Gasteiger partial charge in [0.05, 0.1) is 18.5 Å². The molecule has 31 heavy (non-hydrogen) atoms. The third kappa shape index (κ3) is 6.89. The van der Waals surface area contributed by atoms with Crippen LogP contribution in [-0.2, 0) is 21.4 Å². The minimum absolute atomic E-state index is 0.213. The number of hydrogen-bond acceptors (Lipinski definition) is 4. The fourth-order valence-electron chi connectivity index (χ4n) is 2.83. The summed E-state index contributed by atoms with van der Waals surface area (Å²) in [7, 11) is -3.49. The molecule has 9 heteroatoms. The molecule has 3 rings (SSSR count). The van der Waals surface area contributed by atoms with Gasteiger partial charge < -0.3 is 10.1 Å². The van der Waals surface area contributed by atoms with Crippen molar-refractivity contribution in [2.75, 3.05) is 22.5 Å². The molecule has 6 nitrogen and oxygen atoms in total. The predicted octanol–water partition coefficient (Wildman–Crippen LogP) is 4.98. The van der Waals surface area contributed by atoms with Crippen molar-refractivity contribution in [2.24, 2.45) is 0 Å². The van der Waals surface area contributed by atoms with E-state index < -0.39 is 10.0 Å². The van der Waals surface area contributed by atoms with E-state index in [2.05, 4.69) is 5.32 Å². The number of ether oxygens (including phenoxy) is 1. The summed E-state index contributed by atoms with van der Waals surface area (Å²) in [6.45, 7) is -0.0201. The quantitative estimate of drug-likeness (QED) is 0.495. The maximum Gasteiger partial charge on any atom is 0.262 e. The molecule has 0 fully saturated rings. The fraction of sp³-hybridized carbons (Fsp3) is 0.136. The highest BCUT2D eigenvalue weighted by molar-refractivity contribution is 7.92. The Labute approximate surface area is 191 Å². The van der Waals surface area contributed by atoms with Gasteiger partial charge in [0.1, 0.15) is 5.75 Å². The van der Waals surface area contributed by atoms with Crippen molar-refractivity contribution in [3.8, 4) is 5.75 Å². The summed E-state index contributed by atoms with van der Waals surface area (Å²) in [5.74, 6) is 0.0421. The standard InChI is InChI=1S/C22H20Cl2N2O4S/c1-31(28,29)26(14-16-5-3-2-4-6-16)20-7-9-21(10-8-20)30-15-22(27)25-19-12-17(23)11-18(24)13-19/h2-13H,14-15H2,1H3,(H,25,27). The van der Waals surface area contributed by atoms with Crippen LogP contribution in [0, 0.1) is 0 Å². The summed E-state index contributed by atoms with van der Waals surface area (Å²) in [4.78, 5) is 12.1. The molecule has 3 aromatic carbocycles. The van der Waals surface area contributed by atoms with Crippen molar-refractivity contribution in [3.05, 3.63) is 88.4 Å². The maximum absolute atomic E-state index is 12.3. The number of amides is 1. The molecular weight excluding hydrogens is 459 g/mol. The van der Waals surface area contributed by atoms with Gasteiger partial charge in [0.2, 0.25) is 10.0 Å². The van der Waals surface area contributed by atoms with Crippen LogP contribution in [0.2, 0.25) is 10.0 Å². The number of anilines is 2. The second kappa shape index (κ2) is 10.0. The smallest absolute Gasteiger partial charge is 0.262 e. The van der Waals surface area contributed by atoms with Gasteiger partial charge in [-0.3, -0.25) is 9.10 Å². The molecule has 1 amide bonds. The Kier molecular flexibility index (Phi) is 7.43. The highest BCUT2D eigenvalue weighted by Gasteiger charge is 2.18. The summed E-state index contributed by atoms with van der Waals surface area (Å²) in [5, 5.41) is 3.47. The number of halogens is 2. The summed E-state index contributed by atoms with van der Waals surface area (Å²) >= 11 is 11.8. The van der Waals surface area contributed by atoms with E-state index in [0.717, 1.165) is 11.8 Å². The number of rotatable bonds is 8. The van der Waals surface area contributed by atoms with E-state index in [1.807, 2.05) is 30.3 Å². The predicted molar refractivity (Wildman–Crippen MR) is 124 cm³/mol. The molecule has 0 bridgehead atoms. The van der Waals surface area contributed by atoms with Crippen molar-refractivity contribution in [2.45, 2.75) is 6.54 Å². The van der Waals surface area contributed by atoms with E-state index in [0.29, 0.717) is 27.2 Å². The number of benzene rings is 3. The van der Waals surface area contributed by atoms with Gasteiger partial charge in [-0.05, 0) is 48.0 Å². The Morgan fingerprint density at radius 2 is 1.58 bits per heavy atom. The van der Waals surface area contributed by atoms with Crippen LogP contribution in [0.25, 0.3) is 0 Å². The number of carbonyl (C=O) groups excluding carboxylic acids is 1. The molecular formula is C22H20Cl2N2O4S. The first-order chi connectivity index (χ1) is 14.7. The molecule has 0 radical (unpaired) electrons. The fourth-order valence-corrected chi connectivity index (χ4v) is 4.24. The van der Waals surface area contributed by atoms with E-state index in [1.54, 1.807) is 42.5 Å². The molecule has 0 saturated heterocycles. The molecule has 0 aliphatic rings. The molecule has 0 aromatic heterocycles. The number of carbonyl (C=O) groups is 1. The van der Waals surface area contributed by atoms with Crippen LogP contribution < -0.4 is 14.4 Å². The van der Waals surface area contributed by atoms with E-state index >= 15 is 0 Å². The molecule has 0 saturated carbocycles. The van der Waals surface area contributed by atoms with E-state index in [4.69, 9.17) is 27.9 Å². The van der Waals surface area contributed by atoms with E-state index in [-0.39, 0.29) is 19.1 Å². The minimum Gasteiger partial charge on any atom is -0.484 e. The average Bonchev–Trinajstić information content (AvgIpc) is 2.70. The van der Waals surface area contributed by atoms with Gasteiger partial charge in [-0.25, -0.2) is 8.42 Å². The molecule has 0 spiro atoms. The molecule has 0 heterocycles. The number of sulfonamides is 1. The molecule has 0 aliphatic carbocycles. The van der Waals surface area contributed by atoms with Crippen molar-refractivity contribution >= 4 is 50.5 Å². The molecule has 3 aromatic rings. The van der Waals surface area contributed by atoms with Crippen LogP contribution in [0.1, 0.15) is 5.56 Å². The van der Waals surface area contributed by atoms with Crippen molar-refractivity contribution < 1.29 is 17.9 Å². The lowest BCUT2D eigenvalue weighted by atomic mass is 10.2. The highest BCUT2D eigenvalue weighted by atomic mass is 35.5. The highest BCUT2D eigenvalue weighted by Crippen LogP contribution is 2.24. The van der Waals surface area contributed by atoms with E-state index in [1.165, 1.54) is 4.31 Å². The Bertz CT molecular complexity index is 1130. The lowest BCUT2D eigenvalue weighted by Gasteiger charge is -2.22. The zero-order valence-corrected chi connectivity index (χ0v) is 18.9. The lowest BCUT2D eigenvalue weighted by Crippen LogP contribution is -2.29. The number of nitrogens with zero attached hydrogens (tertiary/aromatic N) is 1. The molecule has 0 unspecified atom stereocenters. The summed E-state index contributed by atoms with van der Waals surface area (Å²) in [6, 6.07) is 20.5. The first-order valence-electron chi connectivity index (χ1n) is 9.21. The van der Waals surface area contributed by atoms with Crippen LogP contribution in [0.3, 0.4) is 0 Å². The van der Waals surface area contributed by atoms with Crippen LogP contribution >= 0.6 is 23.2 Å².